The highest BCUT2D eigenvalue weighted by Crippen LogP contribution is 2.14. The van der Waals surface area contributed by atoms with Crippen molar-refractivity contribution in [2.75, 3.05) is 7.05 Å². The molecule has 1 aromatic heterocycles. The van der Waals surface area contributed by atoms with E-state index < -0.39 is 11.8 Å². The Labute approximate surface area is 116 Å². The van der Waals surface area contributed by atoms with Gasteiger partial charge in [0.2, 0.25) is 0 Å². The topological polar surface area (TPSA) is 53.7 Å². The smallest absolute Gasteiger partial charge is 0.338 e. The van der Waals surface area contributed by atoms with Crippen LogP contribution in [-0.2, 0) is 13.1 Å². The Hall–Kier alpha value is -2.14. The number of hydrogen-bond acceptors (Lipinski definition) is 3. The summed E-state index contributed by atoms with van der Waals surface area (Å²) in [6.45, 7) is 3.00. The summed E-state index contributed by atoms with van der Waals surface area (Å²) in [5, 5.41) is 8.77. The standard InChI is InChI=1S/C15H16FNO3/c1-10-3-5-12(20-10)9-17(2)8-11-4-6-13(15(18)19)14(16)7-11/h3-7H,8-9H2,1-2H3,(H,18,19). The van der Waals surface area contributed by atoms with E-state index >= 15 is 0 Å². The Bertz CT molecular complexity index is 621. The van der Waals surface area contributed by atoms with Crippen LogP contribution < -0.4 is 0 Å². The minimum Gasteiger partial charge on any atom is -0.478 e. The highest BCUT2D eigenvalue weighted by molar-refractivity contribution is 5.87. The molecule has 0 amide bonds. The molecule has 0 saturated carbocycles. The van der Waals surface area contributed by atoms with E-state index in [0.717, 1.165) is 17.1 Å². The molecule has 0 radical (unpaired) electrons. The van der Waals surface area contributed by atoms with Gasteiger partial charge < -0.3 is 9.52 Å². The lowest BCUT2D eigenvalue weighted by molar-refractivity contribution is 0.0692. The SMILES string of the molecule is Cc1ccc(CN(C)Cc2ccc(C(=O)O)c(F)c2)o1. The van der Waals surface area contributed by atoms with Gasteiger partial charge in [-0.2, -0.15) is 0 Å². The lowest BCUT2D eigenvalue weighted by Crippen LogP contribution is -2.17. The van der Waals surface area contributed by atoms with E-state index in [0.29, 0.717) is 13.1 Å². The summed E-state index contributed by atoms with van der Waals surface area (Å²) >= 11 is 0. The zero-order valence-electron chi connectivity index (χ0n) is 11.4. The van der Waals surface area contributed by atoms with Crippen molar-refractivity contribution in [2.45, 2.75) is 20.0 Å². The summed E-state index contributed by atoms with van der Waals surface area (Å²) in [6, 6.07) is 7.96. The molecule has 2 aromatic rings. The van der Waals surface area contributed by atoms with E-state index in [9.17, 15) is 9.18 Å². The van der Waals surface area contributed by atoms with Gasteiger partial charge in [0.25, 0.3) is 0 Å². The molecule has 0 spiro atoms. The largest absolute Gasteiger partial charge is 0.478 e. The summed E-state index contributed by atoms with van der Waals surface area (Å²) in [7, 11) is 1.89. The van der Waals surface area contributed by atoms with E-state index in [1.54, 1.807) is 6.07 Å². The minimum absolute atomic E-state index is 0.307. The van der Waals surface area contributed by atoms with Crippen LogP contribution in [0, 0.1) is 12.7 Å². The van der Waals surface area contributed by atoms with Crippen molar-refractivity contribution in [2.24, 2.45) is 0 Å². The van der Waals surface area contributed by atoms with E-state index in [4.69, 9.17) is 9.52 Å². The molecule has 0 fully saturated rings. The Balaban J connectivity index is 2.02. The predicted octanol–water partition coefficient (Wildman–Crippen LogP) is 3.06. The number of carbonyl (C=O) groups is 1. The van der Waals surface area contributed by atoms with Crippen molar-refractivity contribution in [3.05, 3.63) is 58.8 Å². The number of rotatable bonds is 5. The molecule has 106 valence electrons. The van der Waals surface area contributed by atoms with E-state index in [1.165, 1.54) is 12.1 Å². The molecule has 0 unspecified atom stereocenters. The Morgan fingerprint density at radius 3 is 2.60 bits per heavy atom. The van der Waals surface area contributed by atoms with Crippen molar-refractivity contribution in [1.82, 2.24) is 4.90 Å². The average Bonchev–Trinajstić information content (AvgIpc) is 2.74. The summed E-state index contributed by atoms with van der Waals surface area (Å²) < 4.78 is 19.0. The fraction of sp³-hybridized carbons (Fsp3) is 0.267. The number of hydrogen-bond donors (Lipinski definition) is 1. The Morgan fingerprint density at radius 1 is 1.30 bits per heavy atom. The molecule has 5 heteroatoms. The van der Waals surface area contributed by atoms with Gasteiger partial charge in [0.15, 0.2) is 0 Å². The molecule has 20 heavy (non-hydrogen) atoms. The third-order valence-corrected chi connectivity index (χ3v) is 2.94. The maximum Gasteiger partial charge on any atom is 0.338 e. The zero-order chi connectivity index (χ0) is 14.7. The van der Waals surface area contributed by atoms with Gasteiger partial charge in [0.05, 0.1) is 12.1 Å². The molecule has 2 rings (SSSR count). The van der Waals surface area contributed by atoms with Crippen molar-refractivity contribution >= 4 is 5.97 Å². The van der Waals surface area contributed by atoms with Crippen molar-refractivity contribution in [1.29, 1.82) is 0 Å². The second kappa shape index (κ2) is 5.88. The molecule has 4 nitrogen and oxygen atoms in total. The monoisotopic (exact) mass is 277 g/mol. The molecule has 0 aliphatic heterocycles. The molecule has 0 aliphatic carbocycles. The first kappa shape index (κ1) is 14.3. The van der Waals surface area contributed by atoms with Gasteiger partial charge in [-0.1, -0.05) is 6.07 Å². The van der Waals surface area contributed by atoms with Crippen LogP contribution in [0.4, 0.5) is 4.39 Å². The fourth-order valence-corrected chi connectivity index (χ4v) is 2.03. The molecule has 0 atom stereocenters. The van der Waals surface area contributed by atoms with E-state index in [2.05, 4.69) is 0 Å². The number of halogens is 1. The van der Waals surface area contributed by atoms with Crippen molar-refractivity contribution in [3.8, 4) is 0 Å². The lowest BCUT2D eigenvalue weighted by Gasteiger charge is -2.15. The lowest BCUT2D eigenvalue weighted by atomic mass is 10.1. The van der Waals surface area contributed by atoms with Crippen LogP contribution in [0.3, 0.4) is 0 Å². The number of aromatic carboxylic acids is 1. The maximum absolute atomic E-state index is 13.6. The normalized spacial score (nSPS) is 11.0. The van der Waals surface area contributed by atoms with Crippen LogP contribution in [-0.4, -0.2) is 23.0 Å². The van der Waals surface area contributed by atoms with Gasteiger partial charge in [-0.15, -0.1) is 0 Å². The van der Waals surface area contributed by atoms with Crippen LogP contribution in [0.5, 0.6) is 0 Å². The van der Waals surface area contributed by atoms with Crippen LogP contribution in [0.25, 0.3) is 0 Å². The molecule has 0 saturated heterocycles. The molecular weight excluding hydrogens is 261 g/mol. The van der Waals surface area contributed by atoms with E-state index in [-0.39, 0.29) is 5.56 Å². The molecular formula is C15H16FNO3. The Morgan fingerprint density at radius 2 is 2.05 bits per heavy atom. The van der Waals surface area contributed by atoms with Gasteiger partial charge in [-0.05, 0) is 43.8 Å². The Kier molecular flexibility index (Phi) is 4.20. The molecule has 1 heterocycles. The third kappa shape index (κ3) is 3.45. The van der Waals surface area contributed by atoms with Gasteiger partial charge in [-0.3, -0.25) is 4.90 Å². The average molecular weight is 277 g/mol. The van der Waals surface area contributed by atoms with Crippen LogP contribution in [0.15, 0.2) is 34.7 Å². The van der Waals surface area contributed by atoms with Crippen LogP contribution >= 0.6 is 0 Å². The van der Waals surface area contributed by atoms with Crippen LogP contribution in [0.2, 0.25) is 0 Å². The van der Waals surface area contributed by atoms with Gasteiger partial charge >= 0.3 is 5.97 Å². The molecule has 1 aromatic carbocycles. The molecule has 0 bridgehead atoms. The number of carboxylic acid groups (broad SMARTS) is 1. The number of benzene rings is 1. The highest BCUT2D eigenvalue weighted by atomic mass is 19.1. The summed E-state index contributed by atoms with van der Waals surface area (Å²) in [5.41, 5.74) is 0.413. The maximum atomic E-state index is 13.6. The number of aryl methyl sites for hydroxylation is 1. The van der Waals surface area contributed by atoms with Gasteiger partial charge in [0, 0.05) is 6.54 Å². The molecule has 1 N–H and O–H groups in total. The van der Waals surface area contributed by atoms with E-state index in [1.807, 2.05) is 31.0 Å². The highest BCUT2D eigenvalue weighted by Gasteiger charge is 2.11. The minimum atomic E-state index is -1.26. The van der Waals surface area contributed by atoms with Crippen molar-refractivity contribution < 1.29 is 18.7 Å². The predicted molar refractivity (Wildman–Crippen MR) is 72.0 cm³/mol. The first-order chi connectivity index (χ1) is 9.45. The van der Waals surface area contributed by atoms with Crippen LogP contribution in [0.1, 0.15) is 27.4 Å². The summed E-state index contributed by atoms with van der Waals surface area (Å²) in [4.78, 5) is 12.7. The summed E-state index contributed by atoms with van der Waals surface area (Å²) in [5.74, 6) is -0.274. The quantitative estimate of drug-likeness (QED) is 0.912. The second-order valence-electron chi connectivity index (χ2n) is 4.80. The van der Waals surface area contributed by atoms with Gasteiger partial charge in [-0.25, -0.2) is 9.18 Å². The summed E-state index contributed by atoms with van der Waals surface area (Å²) in [6.07, 6.45) is 0. The first-order valence-corrected chi connectivity index (χ1v) is 6.21. The van der Waals surface area contributed by atoms with Gasteiger partial charge in [0.1, 0.15) is 17.3 Å². The van der Waals surface area contributed by atoms with Crippen molar-refractivity contribution in [3.63, 3.8) is 0 Å². The number of nitrogens with zero attached hydrogens (tertiary/aromatic N) is 1. The third-order valence-electron chi connectivity index (χ3n) is 2.94. The first-order valence-electron chi connectivity index (χ1n) is 6.21. The fourth-order valence-electron chi connectivity index (χ4n) is 2.03. The zero-order valence-corrected chi connectivity index (χ0v) is 11.4. The number of furan rings is 1. The number of carboxylic acids is 1. The second-order valence-corrected chi connectivity index (χ2v) is 4.80. The molecule has 0 aliphatic rings.